The summed E-state index contributed by atoms with van der Waals surface area (Å²) in [7, 11) is -0.198. The Kier molecular flexibility index (Phi) is 10.1. The molecule has 2 aromatic carbocycles. The fourth-order valence-corrected chi connectivity index (χ4v) is 7.43. The van der Waals surface area contributed by atoms with Crippen LogP contribution in [-0.4, -0.2) is 78.5 Å². The van der Waals surface area contributed by atoms with Gasteiger partial charge in [-0.2, -0.15) is 4.98 Å². The van der Waals surface area contributed by atoms with Gasteiger partial charge in [-0.3, -0.25) is 14.3 Å². The van der Waals surface area contributed by atoms with Crippen LogP contribution in [0.1, 0.15) is 24.0 Å². The molecular weight excluding hydrogens is 652 g/mol. The number of aryl methyl sites for hydroxylation is 1. The van der Waals surface area contributed by atoms with Crippen LogP contribution < -0.4 is 15.6 Å². The van der Waals surface area contributed by atoms with E-state index >= 15 is 0 Å². The highest BCUT2D eigenvalue weighted by Crippen LogP contribution is 2.30. The van der Waals surface area contributed by atoms with E-state index in [0.717, 1.165) is 42.9 Å². The van der Waals surface area contributed by atoms with E-state index in [2.05, 4.69) is 27.2 Å². The van der Waals surface area contributed by atoms with Gasteiger partial charge in [-0.15, -0.1) is 0 Å². The molecule has 0 unspecified atom stereocenters. The van der Waals surface area contributed by atoms with Gasteiger partial charge in [0.1, 0.15) is 17.5 Å². The van der Waals surface area contributed by atoms with Crippen molar-refractivity contribution >= 4 is 44.1 Å². The van der Waals surface area contributed by atoms with Crippen LogP contribution in [0.4, 0.5) is 11.6 Å². The summed E-state index contributed by atoms with van der Waals surface area (Å²) in [6.45, 7) is 3.88. The van der Waals surface area contributed by atoms with Gasteiger partial charge in [-0.1, -0.05) is 23.7 Å². The molecule has 48 heavy (non-hydrogen) atoms. The van der Waals surface area contributed by atoms with E-state index in [4.69, 9.17) is 26.1 Å². The van der Waals surface area contributed by atoms with E-state index in [1.807, 2.05) is 37.3 Å². The molecule has 1 saturated heterocycles. The lowest BCUT2D eigenvalue weighted by molar-refractivity contribution is 0.114. The summed E-state index contributed by atoms with van der Waals surface area (Å²) < 4.78 is 39.2. The number of pyridine rings is 2. The minimum atomic E-state index is -3.76. The third-order valence-corrected chi connectivity index (χ3v) is 10.5. The van der Waals surface area contributed by atoms with Gasteiger partial charge in [0.25, 0.3) is 5.56 Å². The molecule has 13 heteroatoms. The van der Waals surface area contributed by atoms with Crippen LogP contribution in [0.3, 0.4) is 0 Å². The average Bonchev–Trinajstić information content (AvgIpc) is 3.07. The third-order valence-electron chi connectivity index (χ3n) is 8.41. The molecular formula is C35H37ClN6O5S. The number of halogens is 1. The van der Waals surface area contributed by atoms with E-state index in [-0.39, 0.29) is 41.4 Å². The SMILES string of the molecule is COCCS(=O)(=O)c1cnccc1Cn1c(=O)c(-c2ccc(C)cc2Cl)cc2cnc(Nc3ccc(OC4CCN(C)CC4)cc3)nc21. The fraction of sp³-hybridized carbons (Fsp3) is 0.314. The lowest BCUT2D eigenvalue weighted by Crippen LogP contribution is -2.35. The van der Waals surface area contributed by atoms with Crippen LogP contribution in [0, 0.1) is 6.92 Å². The predicted molar refractivity (Wildman–Crippen MR) is 187 cm³/mol. The molecule has 4 heterocycles. The number of nitrogens with one attached hydrogen (secondary N) is 1. The number of fused-ring (bicyclic) bond motifs is 1. The number of aromatic nitrogens is 4. The van der Waals surface area contributed by atoms with Gasteiger partial charge in [0.05, 0.1) is 23.8 Å². The van der Waals surface area contributed by atoms with Crippen molar-refractivity contribution in [3.63, 3.8) is 0 Å². The van der Waals surface area contributed by atoms with Gasteiger partial charge < -0.3 is 19.7 Å². The molecule has 0 atom stereocenters. The van der Waals surface area contributed by atoms with Crippen LogP contribution in [0.25, 0.3) is 22.2 Å². The molecule has 0 spiro atoms. The molecule has 6 rings (SSSR count). The second kappa shape index (κ2) is 14.4. The number of nitrogens with zero attached hydrogens (tertiary/aromatic N) is 5. The first kappa shape index (κ1) is 33.5. The number of ether oxygens (including phenoxy) is 2. The number of benzene rings is 2. The number of anilines is 2. The lowest BCUT2D eigenvalue weighted by Gasteiger charge is -2.29. The maximum atomic E-state index is 14.3. The standard InChI is InChI=1S/C35H37ClN6O5S/c1-23-4-9-29(31(36)18-23)30-19-25-20-38-35(39-26-5-7-27(8-6-26)47-28-11-14-41(2)15-12-28)40-33(25)42(34(30)43)22-24-10-13-37-21-32(24)48(44,45)17-16-46-3/h4-10,13,18-21,28H,11-12,14-17,22H2,1-3H3,(H,38,39,40). The Morgan fingerprint density at radius 1 is 1.02 bits per heavy atom. The zero-order valence-corrected chi connectivity index (χ0v) is 28.6. The Bertz CT molecular complexity index is 2100. The number of methoxy groups -OCH3 is 1. The number of piperidine rings is 1. The zero-order valence-electron chi connectivity index (χ0n) is 27.0. The molecule has 5 aromatic rings. The number of hydrogen-bond acceptors (Lipinski definition) is 10. The summed E-state index contributed by atoms with van der Waals surface area (Å²) in [5, 5.41) is 4.22. The average molecular weight is 689 g/mol. The van der Waals surface area contributed by atoms with E-state index in [1.165, 1.54) is 24.1 Å². The summed E-state index contributed by atoms with van der Waals surface area (Å²) in [6, 6.07) is 16.4. The van der Waals surface area contributed by atoms with Crippen molar-refractivity contribution in [1.29, 1.82) is 0 Å². The van der Waals surface area contributed by atoms with Gasteiger partial charge >= 0.3 is 0 Å². The Morgan fingerprint density at radius 2 is 1.79 bits per heavy atom. The van der Waals surface area contributed by atoms with Crippen LogP contribution >= 0.6 is 11.6 Å². The molecule has 0 saturated carbocycles. The topological polar surface area (TPSA) is 129 Å². The Balaban J connectivity index is 1.38. The second-order valence-corrected chi connectivity index (χ2v) is 14.5. The normalized spacial score (nSPS) is 14.3. The molecule has 11 nitrogen and oxygen atoms in total. The maximum absolute atomic E-state index is 14.3. The van der Waals surface area contributed by atoms with Crippen molar-refractivity contribution in [2.24, 2.45) is 0 Å². The number of rotatable bonds is 11. The molecule has 0 aliphatic carbocycles. The van der Waals surface area contributed by atoms with Crippen LogP contribution in [-0.2, 0) is 21.1 Å². The minimum Gasteiger partial charge on any atom is -0.490 e. The smallest absolute Gasteiger partial charge is 0.260 e. The van der Waals surface area contributed by atoms with E-state index < -0.39 is 9.84 Å². The van der Waals surface area contributed by atoms with Gasteiger partial charge in [-0.05, 0) is 80.4 Å². The van der Waals surface area contributed by atoms with Crippen molar-refractivity contribution in [2.45, 2.75) is 37.3 Å². The summed E-state index contributed by atoms with van der Waals surface area (Å²) in [4.78, 5) is 29.9. The summed E-state index contributed by atoms with van der Waals surface area (Å²) >= 11 is 6.62. The first-order valence-electron chi connectivity index (χ1n) is 15.7. The number of sulfone groups is 1. The first-order chi connectivity index (χ1) is 23.1. The van der Waals surface area contributed by atoms with E-state index in [0.29, 0.717) is 32.7 Å². The molecule has 3 aromatic heterocycles. The second-order valence-electron chi connectivity index (χ2n) is 12.0. The van der Waals surface area contributed by atoms with Crippen LogP contribution in [0.15, 0.2) is 82.9 Å². The summed E-state index contributed by atoms with van der Waals surface area (Å²) in [6.07, 6.45) is 6.60. The fourth-order valence-electron chi connectivity index (χ4n) is 5.73. The third kappa shape index (κ3) is 7.52. The van der Waals surface area contributed by atoms with Gasteiger partial charge in [0.15, 0.2) is 9.84 Å². The van der Waals surface area contributed by atoms with Crippen molar-refractivity contribution in [3.8, 4) is 16.9 Å². The van der Waals surface area contributed by atoms with Gasteiger partial charge in [0.2, 0.25) is 5.95 Å². The maximum Gasteiger partial charge on any atom is 0.260 e. The lowest BCUT2D eigenvalue weighted by atomic mass is 10.0. The predicted octanol–water partition coefficient (Wildman–Crippen LogP) is 5.50. The highest BCUT2D eigenvalue weighted by molar-refractivity contribution is 7.91. The van der Waals surface area contributed by atoms with Gasteiger partial charge in [0, 0.05) is 66.0 Å². The quantitative estimate of drug-likeness (QED) is 0.190. The van der Waals surface area contributed by atoms with Crippen molar-refractivity contribution in [3.05, 3.63) is 99.7 Å². The van der Waals surface area contributed by atoms with Crippen molar-refractivity contribution < 1.29 is 17.9 Å². The van der Waals surface area contributed by atoms with Crippen molar-refractivity contribution in [2.75, 3.05) is 44.9 Å². The van der Waals surface area contributed by atoms with E-state index in [1.54, 1.807) is 30.5 Å². The molecule has 0 bridgehead atoms. The van der Waals surface area contributed by atoms with E-state index in [9.17, 15) is 13.2 Å². The number of likely N-dealkylation sites (tertiary alicyclic amines) is 1. The number of hydrogen-bond donors (Lipinski definition) is 1. The summed E-state index contributed by atoms with van der Waals surface area (Å²) in [5.74, 6) is 0.831. The monoisotopic (exact) mass is 688 g/mol. The Labute approximate surface area is 284 Å². The highest BCUT2D eigenvalue weighted by atomic mass is 35.5. The first-order valence-corrected chi connectivity index (χ1v) is 17.7. The van der Waals surface area contributed by atoms with Crippen LogP contribution in [0.5, 0.6) is 5.75 Å². The molecule has 250 valence electrons. The minimum absolute atomic E-state index is 0.0223. The largest absolute Gasteiger partial charge is 0.490 e. The summed E-state index contributed by atoms with van der Waals surface area (Å²) in [5.41, 5.74) is 2.92. The molecule has 0 radical (unpaired) electrons. The highest BCUT2D eigenvalue weighted by Gasteiger charge is 2.22. The molecule has 1 fully saturated rings. The Morgan fingerprint density at radius 3 is 2.52 bits per heavy atom. The molecule has 1 aliphatic rings. The van der Waals surface area contributed by atoms with Crippen molar-refractivity contribution in [1.82, 2.24) is 24.4 Å². The van der Waals surface area contributed by atoms with Crippen LogP contribution in [0.2, 0.25) is 5.02 Å². The molecule has 0 amide bonds. The van der Waals surface area contributed by atoms with Gasteiger partial charge in [-0.25, -0.2) is 13.4 Å². The Hall–Kier alpha value is -4.36. The molecule has 1 N–H and O–H groups in total. The molecule has 1 aliphatic heterocycles. The zero-order chi connectivity index (χ0) is 33.8.